The molecule has 1 heterocycles. The van der Waals surface area contributed by atoms with Gasteiger partial charge in [-0.05, 0) is 36.8 Å². The summed E-state index contributed by atoms with van der Waals surface area (Å²) in [6, 6.07) is 9.16. The molecule has 1 amide bonds. The van der Waals surface area contributed by atoms with Crippen LogP contribution in [0.15, 0.2) is 30.3 Å². The first-order chi connectivity index (χ1) is 11.1. The molecular formula is C17H23N3O3. The first-order valence-corrected chi connectivity index (χ1v) is 7.70. The topological polar surface area (TPSA) is 67.5 Å². The van der Waals surface area contributed by atoms with Crippen LogP contribution in [0.5, 0.6) is 11.5 Å². The first-order valence-electron chi connectivity index (χ1n) is 7.70. The van der Waals surface area contributed by atoms with E-state index in [-0.39, 0.29) is 5.91 Å². The predicted molar refractivity (Wildman–Crippen MR) is 88.0 cm³/mol. The van der Waals surface area contributed by atoms with Crippen LogP contribution in [-0.2, 0) is 6.42 Å². The minimum Gasteiger partial charge on any atom is -0.497 e. The van der Waals surface area contributed by atoms with E-state index in [0.29, 0.717) is 18.8 Å². The maximum Gasteiger partial charge on any atom is 0.274 e. The second kappa shape index (κ2) is 8.22. The molecule has 23 heavy (non-hydrogen) atoms. The van der Waals surface area contributed by atoms with Gasteiger partial charge >= 0.3 is 0 Å². The molecule has 0 saturated carbocycles. The molecule has 0 spiro atoms. The smallest absolute Gasteiger partial charge is 0.274 e. The molecule has 1 N–H and O–H groups in total. The summed E-state index contributed by atoms with van der Waals surface area (Å²) >= 11 is 0. The van der Waals surface area contributed by atoms with E-state index in [1.54, 1.807) is 19.1 Å². The number of amides is 1. The highest BCUT2D eigenvalue weighted by Gasteiger charge is 2.15. The number of hydrogen-bond donors (Lipinski definition) is 1. The van der Waals surface area contributed by atoms with E-state index in [0.717, 1.165) is 30.0 Å². The van der Waals surface area contributed by atoms with Crippen LogP contribution >= 0.6 is 0 Å². The minimum atomic E-state index is -0.109. The Bertz CT molecular complexity index is 622. The molecule has 124 valence electrons. The Hall–Kier alpha value is -2.50. The third-order valence-electron chi connectivity index (χ3n) is 3.47. The molecule has 2 rings (SSSR count). The lowest BCUT2D eigenvalue weighted by atomic mass is 10.2. The number of carbonyl (C=O) groups is 1. The number of nitrogens with zero attached hydrogens (tertiary/aromatic N) is 2. The van der Waals surface area contributed by atoms with Gasteiger partial charge in [-0.1, -0.05) is 13.3 Å². The van der Waals surface area contributed by atoms with Crippen LogP contribution in [0.4, 0.5) is 0 Å². The number of benzene rings is 1. The number of carbonyl (C=O) groups excluding carboxylic acids is 1. The number of ether oxygens (including phenoxy) is 2. The van der Waals surface area contributed by atoms with Crippen LogP contribution in [0, 0.1) is 0 Å². The van der Waals surface area contributed by atoms with Gasteiger partial charge in [-0.15, -0.1) is 0 Å². The normalized spacial score (nSPS) is 10.4. The standard InChI is InChI=1S/C17H23N3O3/c1-4-5-13-12-16(19-18-13)17(21)20(2)10-11-23-15-8-6-14(22-3)7-9-15/h6-9,12H,4-5,10-11H2,1-3H3,(H,18,19). The number of nitrogens with one attached hydrogen (secondary N) is 1. The summed E-state index contributed by atoms with van der Waals surface area (Å²) in [5.41, 5.74) is 1.43. The maximum atomic E-state index is 12.3. The highest BCUT2D eigenvalue weighted by Crippen LogP contribution is 2.16. The predicted octanol–water partition coefficient (Wildman–Crippen LogP) is 2.52. The molecule has 0 radical (unpaired) electrons. The van der Waals surface area contributed by atoms with Gasteiger partial charge in [-0.3, -0.25) is 9.89 Å². The van der Waals surface area contributed by atoms with Crippen LogP contribution in [0.25, 0.3) is 0 Å². The van der Waals surface area contributed by atoms with Crippen molar-refractivity contribution in [2.75, 3.05) is 27.3 Å². The van der Waals surface area contributed by atoms with Crippen molar-refractivity contribution in [2.45, 2.75) is 19.8 Å². The van der Waals surface area contributed by atoms with E-state index >= 15 is 0 Å². The number of rotatable bonds is 8. The lowest BCUT2D eigenvalue weighted by molar-refractivity contribution is 0.0768. The van der Waals surface area contributed by atoms with Crippen LogP contribution in [0.2, 0.25) is 0 Å². The van der Waals surface area contributed by atoms with Crippen LogP contribution < -0.4 is 9.47 Å². The van der Waals surface area contributed by atoms with E-state index in [9.17, 15) is 4.79 Å². The van der Waals surface area contributed by atoms with Crippen molar-refractivity contribution in [3.63, 3.8) is 0 Å². The molecule has 0 bridgehead atoms. The Morgan fingerprint density at radius 3 is 2.61 bits per heavy atom. The van der Waals surface area contributed by atoms with E-state index < -0.39 is 0 Å². The van der Waals surface area contributed by atoms with Crippen molar-refractivity contribution in [3.8, 4) is 11.5 Å². The molecule has 0 unspecified atom stereocenters. The Balaban J connectivity index is 1.80. The number of aromatic nitrogens is 2. The van der Waals surface area contributed by atoms with Gasteiger partial charge in [0.05, 0.1) is 13.7 Å². The number of aromatic amines is 1. The van der Waals surface area contributed by atoms with Gasteiger partial charge in [0.1, 0.15) is 23.8 Å². The van der Waals surface area contributed by atoms with Crippen molar-refractivity contribution < 1.29 is 14.3 Å². The summed E-state index contributed by atoms with van der Waals surface area (Å²) in [5.74, 6) is 1.42. The zero-order valence-corrected chi connectivity index (χ0v) is 13.8. The fourth-order valence-corrected chi connectivity index (χ4v) is 2.14. The quantitative estimate of drug-likeness (QED) is 0.812. The van der Waals surface area contributed by atoms with Crippen molar-refractivity contribution in [2.24, 2.45) is 0 Å². The SMILES string of the molecule is CCCc1cc(C(=O)N(C)CCOc2ccc(OC)cc2)n[nH]1. The van der Waals surface area contributed by atoms with Crippen LogP contribution in [-0.4, -0.2) is 48.3 Å². The van der Waals surface area contributed by atoms with Crippen molar-refractivity contribution in [1.29, 1.82) is 0 Å². The molecule has 0 aliphatic heterocycles. The van der Waals surface area contributed by atoms with Crippen molar-refractivity contribution in [3.05, 3.63) is 41.7 Å². The molecule has 6 nitrogen and oxygen atoms in total. The Morgan fingerprint density at radius 2 is 1.96 bits per heavy atom. The molecule has 0 atom stereocenters. The molecule has 1 aromatic carbocycles. The van der Waals surface area contributed by atoms with Crippen LogP contribution in [0.1, 0.15) is 29.5 Å². The summed E-state index contributed by atoms with van der Waals surface area (Å²) in [6.07, 6.45) is 1.91. The van der Waals surface area contributed by atoms with E-state index in [4.69, 9.17) is 9.47 Å². The van der Waals surface area contributed by atoms with Crippen molar-refractivity contribution >= 4 is 5.91 Å². The molecular weight excluding hydrogens is 294 g/mol. The fraction of sp³-hybridized carbons (Fsp3) is 0.412. The molecule has 0 fully saturated rings. The highest BCUT2D eigenvalue weighted by atomic mass is 16.5. The van der Waals surface area contributed by atoms with Gasteiger partial charge in [-0.25, -0.2) is 0 Å². The summed E-state index contributed by atoms with van der Waals surface area (Å²) in [7, 11) is 3.37. The number of aryl methyl sites for hydroxylation is 1. The molecule has 0 saturated heterocycles. The Kier molecular flexibility index (Phi) is 6.02. The van der Waals surface area contributed by atoms with Gasteiger partial charge in [0.25, 0.3) is 5.91 Å². The first kappa shape index (κ1) is 16.9. The summed E-state index contributed by atoms with van der Waals surface area (Å²) in [6.45, 7) is 2.99. The Morgan fingerprint density at radius 1 is 1.26 bits per heavy atom. The van der Waals surface area contributed by atoms with Gasteiger partial charge in [0, 0.05) is 12.7 Å². The zero-order valence-electron chi connectivity index (χ0n) is 13.8. The molecule has 1 aromatic heterocycles. The number of hydrogen-bond acceptors (Lipinski definition) is 4. The lowest BCUT2D eigenvalue weighted by Crippen LogP contribution is -2.31. The highest BCUT2D eigenvalue weighted by molar-refractivity contribution is 5.92. The molecule has 2 aromatic rings. The monoisotopic (exact) mass is 317 g/mol. The number of methoxy groups -OCH3 is 1. The van der Waals surface area contributed by atoms with Crippen LogP contribution in [0.3, 0.4) is 0 Å². The molecule has 0 aliphatic carbocycles. The molecule has 6 heteroatoms. The minimum absolute atomic E-state index is 0.109. The zero-order chi connectivity index (χ0) is 16.7. The second-order valence-electron chi connectivity index (χ2n) is 5.28. The van der Waals surface area contributed by atoms with E-state index in [1.807, 2.05) is 30.3 Å². The largest absolute Gasteiger partial charge is 0.497 e. The number of likely N-dealkylation sites (N-methyl/N-ethyl adjacent to an activating group) is 1. The Labute approximate surface area is 136 Å². The third kappa shape index (κ3) is 4.74. The fourth-order valence-electron chi connectivity index (χ4n) is 2.14. The molecule has 0 aliphatic rings. The van der Waals surface area contributed by atoms with Gasteiger partial charge in [-0.2, -0.15) is 5.10 Å². The van der Waals surface area contributed by atoms with Crippen molar-refractivity contribution in [1.82, 2.24) is 15.1 Å². The van der Waals surface area contributed by atoms with Gasteiger partial charge in [0.2, 0.25) is 0 Å². The summed E-state index contributed by atoms with van der Waals surface area (Å²) in [4.78, 5) is 13.9. The lowest BCUT2D eigenvalue weighted by Gasteiger charge is -2.16. The third-order valence-corrected chi connectivity index (χ3v) is 3.47. The second-order valence-corrected chi connectivity index (χ2v) is 5.28. The van der Waals surface area contributed by atoms with E-state index in [1.165, 1.54) is 0 Å². The average molecular weight is 317 g/mol. The maximum absolute atomic E-state index is 12.3. The average Bonchev–Trinajstić information content (AvgIpc) is 3.03. The van der Waals surface area contributed by atoms with Gasteiger partial charge in [0.15, 0.2) is 0 Å². The van der Waals surface area contributed by atoms with Gasteiger partial charge < -0.3 is 14.4 Å². The summed E-state index contributed by atoms with van der Waals surface area (Å²) < 4.78 is 10.7. The van der Waals surface area contributed by atoms with E-state index in [2.05, 4.69) is 17.1 Å². The summed E-state index contributed by atoms with van der Waals surface area (Å²) in [5, 5.41) is 6.96. The number of H-pyrrole nitrogens is 1.